The number of carbonyl (C=O) groups is 1. The molecule has 0 radical (unpaired) electrons. The van der Waals surface area contributed by atoms with Crippen molar-refractivity contribution in [3.8, 4) is 5.75 Å². The second-order valence-electron chi connectivity index (χ2n) is 9.88. The highest BCUT2D eigenvalue weighted by molar-refractivity contribution is 7.94. The van der Waals surface area contributed by atoms with Crippen molar-refractivity contribution in [1.29, 1.82) is 0 Å². The Morgan fingerprint density at radius 2 is 1.94 bits per heavy atom. The van der Waals surface area contributed by atoms with Gasteiger partial charge in [-0.25, -0.2) is 13.2 Å². The van der Waals surface area contributed by atoms with Crippen LogP contribution in [0.5, 0.6) is 5.75 Å². The molecule has 1 amide bonds. The summed E-state index contributed by atoms with van der Waals surface area (Å²) in [5, 5.41) is 12.9. The number of carbonyl (C=O) groups excluding carboxylic acids is 1. The van der Waals surface area contributed by atoms with E-state index in [1.165, 1.54) is 32.0 Å². The Bertz CT molecular complexity index is 1100. The van der Waals surface area contributed by atoms with Gasteiger partial charge in [-0.15, -0.1) is 0 Å². The average molecular weight is 468 g/mol. The summed E-state index contributed by atoms with van der Waals surface area (Å²) < 4.78 is 37.3. The molecule has 2 aliphatic heterocycles. The maximum Gasteiger partial charge on any atom is 0.413 e. The molecule has 10 nitrogen and oxygen atoms in total. The van der Waals surface area contributed by atoms with Gasteiger partial charge in [0, 0.05) is 24.1 Å². The molecular weight excluding hydrogens is 438 g/mol. The molecule has 0 saturated carbocycles. The normalized spacial score (nSPS) is 28.2. The highest BCUT2D eigenvalue weighted by Gasteiger charge is 2.59. The standard InChI is InChI=1S/C21H29N3O7S/c1-12-10-16-21(7,14-11-13(24(26)27)8-9-15(14)30-12)23-17(20(5,6)32(16,28)29)22-18(25)31-19(2,3)4/h8-9,11-12,16H,10H2,1-7H3,(H,22,23,25)/t12-,16+,21+/m0/s1. The van der Waals surface area contributed by atoms with Crippen molar-refractivity contribution in [1.82, 2.24) is 5.32 Å². The summed E-state index contributed by atoms with van der Waals surface area (Å²) in [6, 6.07) is 4.06. The lowest BCUT2D eigenvalue weighted by atomic mass is 9.85. The molecule has 2 heterocycles. The van der Waals surface area contributed by atoms with Crippen molar-refractivity contribution in [3.05, 3.63) is 33.9 Å². The topological polar surface area (TPSA) is 137 Å². The molecule has 11 heteroatoms. The minimum atomic E-state index is -3.94. The van der Waals surface area contributed by atoms with Gasteiger partial charge in [-0.1, -0.05) is 0 Å². The fourth-order valence-electron chi connectivity index (χ4n) is 4.10. The Kier molecular flexibility index (Phi) is 5.56. The smallest absolute Gasteiger partial charge is 0.413 e. The van der Waals surface area contributed by atoms with Crippen LogP contribution in [0.3, 0.4) is 0 Å². The van der Waals surface area contributed by atoms with E-state index in [0.29, 0.717) is 5.75 Å². The molecule has 0 aliphatic carbocycles. The SMILES string of the molecule is C[C@H]1C[C@@H]2[C@](C)(N=C(NC(=O)OC(C)(C)C)C(C)(C)S2(=O)=O)c2cc([N+](=O)[O-])ccc2O1. The van der Waals surface area contributed by atoms with Crippen LogP contribution in [0.4, 0.5) is 10.5 Å². The Morgan fingerprint density at radius 1 is 1.31 bits per heavy atom. The van der Waals surface area contributed by atoms with E-state index in [0.717, 1.165) is 0 Å². The minimum Gasteiger partial charge on any atom is -0.490 e. The van der Waals surface area contributed by atoms with Crippen molar-refractivity contribution >= 4 is 27.5 Å². The summed E-state index contributed by atoms with van der Waals surface area (Å²) in [4.78, 5) is 28.0. The maximum absolute atomic E-state index is 13.8. The van der Waals surface area contributed by atoms with Gasteiger partial charge in [0.15, 0.2) is 9.84 Å². The number of hydrogen-bond acceptors (Lipinski definition) is 8. The van der Waals surface area contributed by atoms with E-state index in [9.17, 15) is 23.3 Å². The Balaban J connectivity index is 2.25. The number of hydrogen-bond donors (Lipinski definition) is 1. The first kappa shape index (κ1) is 24.0. The second kappa shape index (κ2) is 7.43. The van der Waals surface area contributed by atoms with Crippen LogP contribution in [0.25, 0.3) is 0 Å². The van der Waals surface area contributed by atoms with Crippen molar-refractivity contribution in [3.63, 3.8) is 0 Å². The number of non-ortho nitro benzene ring substituents is 1. The number of alkyl carbamates (subject to hydrolysis) is 1. The van der Waals surface area contributed by atoms with Gasteiger partial charge >= 0.3 is 6.09 Å². The number of ether oxygens (including phenoxy) is 2. The predicted octanol–water partition coefficient (Wildman–Crippen LogP) is 3.48. The number of amides is 1. The Labute approximate surface area is 187 Å². The van der Waals surface area contributed by atoms with Crippen molar-refractivity contribution in [2.75, 3.05) is 0 Å². The molecule has 1 aromatic carbocycles. The fourth-order valence-corrected chi connectivity index (χ4v) is 6.48. The summed E-state index contributed by atoms with van der Waals surface area (Å²) in [6.07, 6.45) is -1.17. The van der Waals surface area contributed by atoms with Gasteiger partial charge < -0.3 is 9.47 Å². The lowest BCUT2D eigenvalue weighted by Crippen LogP contribution is -2.62. The first-order chi connectivity index (χ1) is 14.5. The third-order valence-corrected chi connectivity index (χ3v) is 8.86. The number of benzene rings is 1. The van der Waals surface area contributed by atoms with Crippen molar-refractivity contribution < 1.29 is 27.6 Å². The van der Waals surface area contributed by atoms with E-state index in [-0.39, 0.29) is 23.5 Å². The summed E-state index contributed by atoms with van der Waals surface area (Å²) in [6.45, 7) is 11.4. The van der Waals surface area contributed by atoms with Gasteiger partial charge in [0.2, 0.25) is 0 Å². The highest BCUT2D eigenvalue weighted by atomic mass is 32.2. The molecule has 0 aromatic heterocycles. The number of aliphatic imine (C=N–C) groups is 1. The molecular formula is C21H29N3O7S. The third-order valence-electron chi connectivity index (χ3n) is 5.84. The number of rotatable bonds is 1. The van der Waals surface area contributed by atoms with Crippen molar-refractivity contribution in [2.24, 2.45) is 4.99 Å². The third kappa shape index (κ3) is 3.94. The second-order valence-corrected chi connectivity index (χ2v) is 12.6. The number of nitro groups is 1. The number of nitrogens with one attached hydrogen (secondary N) is 1. The van der Waals surface area contributed by atoms with E-state index in [1.54, 1.807) is 34.6 Å². The van der Waals surface area contributed by atoms with Gasteiger partial charge in [0.25, 0.3) is 5.69 Å². The molecule has 3 rings (SSSR count). The number of fused-ring (bicyclic) bond motifs is 3. The van der Waals surface area contributed by atoms with E-state index < -0.39 is 48.1 Å². The van der Waals surface area contributed by atoms with Crippen LogP contribution in [-0.2, 0) is 20.1 Å². The fraction of sp³-hybridized carbons (Fsp3) is 0.619. The zero-order valence-electron chi connectivity index (χ0n) is 19.3. The van der Waals surface area contributed by atoms with Crippen LogP contribution >= 0.6 is 0 Å². The zero-order valence-corrected chi connectivity index (χ0v) is 20.1. The van der Waals surface area contributed by atoms with Crippen LogP contribution in [-0.4, -0.2) is 47.0 Å². The molecule has 0 spiro atoms. The van der Waals surface area contributed by atoms with Crippen LogP contribution < -0.4 is 10.1 Å². The maximum atomic E-state index is 13.8. The molecule has 3 atom stereocenters. The van der Waals surface area contributed by atoms with E-state index in [1.807, 2.05) is 0 Å². The van der Waals surface area contributed by atoms with Crippen LogP contribution in [0.15, 0.2) is 23.2 Å². The first-order valence-corrected chi connectivity index (χ1v) is 11.8. The van der Waals surface area contributed by atoms with E-state index in [2.05, 4.69) is 5.32 Å². The van der Waals surface area contributed by atoms with Gasteiger partial charge in [-0.2, -0.15) is 0 Å². The largest absolute Gasteiger partial charge is 0.490 e. The van der Waals surface area contributed by atoms with Gasteiger partial charge in [-0.05, 0) is 54.5 Å². The molecule has 1 aromatic rings. The summed E-state index contributed by atoms with van der Waals surface area (Å²) in [5.74, 6) is 0.237. The lowest BCUT2D eigenvalue weighted by Gasteiger charge is -2.44. The molecule has 0 unspecified atom stereocenters. The summed E-state index contributed by atoms with van der Waals surface area (Å²) >= 11 is 0. The van der Waals surface area contributed by atoms with Gasteiger partial charge in [0.05, 0.1) is 16.3 Å². The Morgan fingerprint density at radius 3 is 2.50 bits per heavy atom. The van der Waals surface area contributed by atoms with Crippen LogP contribution in [0, 0.1) is 10.1 Å². The predicted molar refractivity (Wildman–Crippen MR) is 119 cm³/mol. The highest BCUT2D eigenvalue weighted by Crippen LogP contribution is 2.50. The van der Waals surface area contributed by atoms with Crippen molar-refractivity contribution in [2.45, 2.75) is 82.1 Å². The number of nitrogens with zero attached hydrogens (tertiary/aromatic N) is 2. The average Bonchev–Trinajstić information content (AvgIpc) is 2.73. The van der Waals surface area contributed by atoms with Crippen LogP contribution in [0.2, 0.25) is 0 Å². The lowest BCUT2D eigenvalue weighted by molar-refractivity contribution is -0.385. The number of sulfone groups is 1. The molecule has 2 aliphatic rings. The zero-order chi connectivity index (χ0) is 24.3. The molecule has 176 valence electrons. The Hall–Kier alpha value is -2.69. The van der Waals surface area contributed by atoms with Gasteiger partial charge in [0.1, 0.15) is 27.5 Å². The molecule has 0 bridgehead atoms. The summed E-state index contributed by atoms with van der Waals surface area (Å²) in [7, 11) is -3.94. The van der Waals surface area contributed by atoms with Gasteiger partial charge in [-0.3, -0.25) is 20.4 Å². The molecule has 32 heavy (non-hydrogen) atoms. The first-order valence-electron chi connectivity index (χ1n) is 10.3. The van der Waals surface area contributed by atoms with E-state index in [4.69, 9.17) is 14.5 Å². The minimum absolute atomic E-state index is 0.0856. The quantitative estimate of drug-likeness (QED) is 0.493. The molecule has 0 fully saturated rings. The summed E-state index contributed by atoms with van der Waals surface area (Å²) in [5.41, 5.74) is -2.15. The van der Waals surface area contributed by atoms with Crippen LogP contribution in [0.1, 0.15) is 60.5 Å². The van der Waals surface area contributed by atoms with E-state index >= 15 is 0 Å². The number of nitro benzene ring substituents is 1. The molecule has 1 N–H and O–H groups in total. The monoisotopic (exact) mass is 467 g/mol. The molecule has 0 saturated heterocycles. The number of amidine groups is 1.